The fourth-order valence-corrected chi connectivity index (χ4v) is 9.37. The van der Waals surface area contributed by atoms with Gasteiger partial charge in [0.15, 0.2) is 17.7 Å². The predicted octanol–water partition coefficient (Wildman–Crippen LogP) is 4.11. The standard InChI is InChI=1S/C42H65N7O10/c1-12-31-42(8)35(48(40(54)59-42)19-14-13-15-20-49-45-37(44-46-49)29-17-16-18-43-23-29)26(4)32(50)24(2)22-41(7,55-11)36(27(5)33(51)28(6)38(53)57-31)58-39-34(52)30(47(9)10)21-25(3)56-39/h16-18,23-28,30-31,34-36,39,52H,12-15,19-22H2,1-11H3/t24-,25-,26+,27+,28-,30+,31-,34-,35-,36-,39+,41-,42-/m1/s1. The van der Waals surface area contributed by atoms with Crippen LogP contribution in [0.3, 0.4) is 0 Å². The number of esters is 1. The van der Waals surface area contributed by atoms with E-state index in [1.54, 1.807) is 51.9 Å². The number of fused-ring (bicyclic) bond motifs is 1. The minimum atomic E-state index is -1.41. The number of aliphatic hydroxyl groups excluding tert-OH is 1. The Hall–Kier alpha value is -3.90. The highest BCUT2D eigenvalue weighted by molar-refractivity contribution is 6.00. The molecule has 2 aromatic rings. The Morgan fingerprint density at radius 3 is 2.36 bits per heavy atom. The summed E-state index contributed by atoms with van der Waals surface area (Å²) < 4.78 is 31.2. The van der Waals surface area contributed by atoms with E-state index < -0.39 is 83.4 Å². The molecule has 3 aliphatic rings. The van der Waals surface area contributed by atoms with Gasteiger partial charge in [-0.25, -0.2) is 4.79 Å². The van der Waals surface area contributed by atoms with Crippen LogP contribution in [0.2, 0.25) is 0 Å². The van der Waals surface area contributed by atoms with Crippen molar-refractivity contribution in [1.29, 1.82) is 0 Å². The molecule has 328 valence electrons. The number of aromatic nitrogens is 5. The first-order valence-electron chi connectivity index (χ1n) is 21.0. The van der Waals surface area contributed by atoms with E-state index in [-0.39, 0.29) is 37.3 Å². The lowest BCUT2D eigenvalue weighted by Crippen LogP contribution is -2.60. The summed E-state index contributed by atoms with van der Waals surface area (Å²) in [5, 5.41) is 24.2. The van der Waals surface area contributed by atoms with Gasteiger partial charge in [0, 0.05) is 55.4 Å². The first kappa shape index (κ1) is 46.2. The number of carbonyl (C=O) groups excluding carboxylic acids is 4. The van der Waals surface area contributed by atoms with Crippen LogP contribution in [0.25, 0.3) is 11.4 Å². The molecule has 0 aliphatic carbocycles. The van der Waals surface area contributed by atoms with E-state index in [9.17, 15) is 24.3 Å². The van der Waals surface area contributed by atoms with Gasteiger partial charge in [-0.1, -0.05) is 27.7 Å². The van der Waals surface area contributed by atoms with Crippen molar-refractivity contribution in [1.82, 2.24) is 35.0 Å². The van der Waals surface area contributed by atoms with Gasteiger partial charge >= 0.3 is 12.1 Å². The number of aliphatic hydroxyl groups is 1. The summed E-state index contributed by atoms with van der Waals surface area (Å²) in [6, 6.07) is 2.59. The average Bonchev–Trinajstić information content (AvgIpc) is 3.79. The normalized spacial score (nSPS) is 36.3. The second-order valence-corrected chi connectivity index (χ2v) is 17.4. The summed E-state index contributed by atoms with van der Waals surface area (Å²) in [6.45, 7) is 14.7. The quantitative estimate of drug-likeness (QED) is 0.182. The van der Waals surface area contributed by atoms with Crippen LogP contribution in [0.4, 0.5) is 4.79 Å². The Morgan fingerprint density at radius 2 is 1.71 bits per heavy atom. The molecular weight excluding hydrogens is 763 g/mol. The van der Waals surface area contributed by atoms with Crippen molar-refractivity contribution in [3.63, 3.8) is 0 Å². The van der Waals surface area contributed by atoms with Crippen LogP contribution in [-0.2, 0) is 44.6 Å². The van der Waals surface area contributed by atoms with E-state index in [1.165, 1.54) is 18.8 Å². The maximum atomic E-state index is 14.7. The molecule has 0 bridgehead atoms. The zero-order valence-corrected chi connectivity index (χ0v) is 36.6. The van der Waals surface area contributed by atoms with E-state index in [1.807, 2.05) is 45.0 Å². The van der Waals surface area contributed by atoms with E-state index in [4.69, 9.17) is 23.7 Å². The van der Waals surface area contributed by atoms with Gasteiger partial charge in [0.05, 0.1) is 30.4 Å². The number of hydrogen-bond acceptors (Lipinski definition) is 15. The molecule has 1 N–H and O–H groups in total. The number of ether oxygens (including phenoxy) is 5. The van der Waals surface area contributed by atoms with Crippen LogP contribution in [0, 0.1) is 23.7 Å². The molecule has 0 radical (unpaired) electrons. The van der Waals surface area contributed by atoms with Crippen molar-refractivity contribution in [3.05, 3.63) is 24.5 Å². The summed E-state index contributed by atoms with van der Waals surface area (Å²) in [6.07, 6.45) is 1.24. The third-order valence-corrected chi connectivity index (χ3v) is 12.8. The molecule has 3 fully saturated rings. The second kappa shape index (κ2) is 19.2. The number of Topliss-reactive ketones (excluding diaryl/α,β-unsaturated/α-hetero) is 2. The highest BCUT2D eigenvalue weighted by atomic mass is 16.7. The van der Waals surface area contributed by atoms with Gasteiger partial charge in [-0.2, -0.15) is 4.80 Å². The van der Waals surface area contributed by atoms with Gasteiger partial charge in [0.25, 0.3) is 0 Å². The van der Waals surface area contributed by atoms with E-state index in [2.05, 4.69) is 20.4 Å². The zero-order chi connectivity index (χ0) is 43.4. The topological polar surface area (TPSA) is 198 Å². The number of amides is 1. The van der Waals surface area contributed by atoms with Crippen LogP contribution in [0.1, 0.15) is 93.9 Å². The number of aryl methyl sites for hydroxylation is 1. The third kappa shape index (κ3) is 9.85. The molecule has 1 amide bonds. The van der Waals surface area contributed by atoms with E-state index in [0.29, 0.717) is 38.1 Å². The molecule has 5 rings (SSSR count). The molecule has 0 unspecified atom stereocenters. The second-order valence-electron chi connectivity index (χ2n) is 17.4. The number of pyridine rings is 1. The Kier molecular flexibility index (Phi) is 15.0. The number of likely N-dealkylation sites (N-methyl/N-ethyl adjacent to an activating group) is 1. The van der Waals surface area contributed by atoms with Gasteiger partial charge in [-0.15, -0.1) is 10.2 Å². The summed E-state index contributed by atoms with van der Waals surface area (Å²) in [5.74, 6) is -4.52. The Balaban J connectivity index is 1.40. The largest absolute Gasteiger partial charge is 0.458 e. The summed E-state index contributed by atoms with van der Waals surface area (Å²) in [4.78, 5) is 65.9. The van der Waals surface area contributed by atoms with Crippen molar-refractivity contribution < 1.29 is 48.0 Å². The Morgan fingerprint density at radius 1 is 1.00 bits per heavy atom. The fraction of sp³-hybridized carbons (Fsp3) is 0.762. The molecule has 2 aromatic heterocycles. The van der Waals surface area contributed by atoms with Gasteiger partial charge < -0.3 is 38.6 Å². The average molecular weight is 828 g/mol. The molecule has 0 saturated carbocycles. The summed E-state index contributed by atoms with van der Waals surface area (Å²) in [7, 11) is 5.23. The van der Waals surface area contributed by atoms with Crippen molar-refractivity contribution >= 4 is 23.6 Å². The Labute approximate surface area is 347 Å². The number of rotatable bonds is 12. The maximum Gasteiger partial charge on any atom is 0.410 e. The number of hydrogen-bond donors (Lipinski definition) is 1. The molecule has 59 heavy (non-hydrogen) atoms. The number of nitrogens with zero attached hydrogens (tertiary/aromatic N) is 7. The third-order valence-electron chi connectivity index (χ3n) is 12.8. The molecule has 0 spiro atoms. The first-order valence-corrected chi connectivity index (χ1v) is 21.0. The monoisotopic (exact) mass is 827 g/mol. The molecule has 17 nitrogen and oxygen atoms in total. The SMILES string of the molecule is CC[C@H]1OC(=O)[C@H](C)C(=O)[C@H](C)[C@@H](O[C@@H]2O[C@H](C)C[C@H](N(C)C)[C@H]2O)[C@](C)(OC)C[C@@H](C)C(=O)[C@H](C)[C@H]2N(CCCCCn3nnc(-c4cccnc4)n3)C(=O)O[C@]12C. The van der Waals surface area contributed by atoms with Crippen molar-refractivity contribution in [2.24, 2.45) is 23.7 Å². The van der Waals surface area contributed by atoms with Crippen LogP contribution in [0.5, 0.6) is 0 Å². The highest BCUT2D eigenvalue weighted by Crippen LogP contribution is 2.43. The van der Waals surface area contributed by atoms with Crippen molar-refractivity contribution in [2.75, 3.05) is 27.7 Å². The minimum Gasteiger partial charge on any atom is -0.458 e. The predicted molar refractivity (Wildman–Crippen MR) is 214 cm³/mol. The van der Waals surface area contributed by atoms with E-state index >= 15 is 0 Å². The molecule has 17 heteroatoms. The van der Waals surface area contributed by atoms with Gasteiger partial charge in [-0.05, 0) is 97.7 Å². The number of ketones is 2. The molecular formula is C42H65N7O10. The molecule has 13 atom stereocenters. The highest BCUT2D eigenvalue weighted by Gasteiger charge is 2.60. The lowest BCUT2D eigenvalue weighted by molar-refractivity contribution is -0.295. The van der Waals surface area contributed by atoms with Crippen molar-refractivity contribution in [3.8, 4) is 11.4 Å². The van der Waals surface area contributed by atoms with Crippen LogP contribution >= 0.6 is 0 Å². The van der Waals surface area contributed by atoms with Gasteiger partial charge in [-0.3, -0.25) is 19.4 Å². The number of unbranched alkanes of at least 4 members (excludes halogenated alkanes) is 2. The van der Waals surface area contributed by atoms with Crippen LogP contribution < -0.4 is 0 Å². The molecule has 0 aromatic carbocycles. The molecule has 3 aliphatic heterocycles. The Bertz CT molecular complexity index is 1760. The lowest BCUT2D eigenvalue weighted by Gasteiger charge is -2.47. The number of carbonyl (C=O) groups is 4. The molecule has 3 saturated heterocycles. The molecule has 5 heterocycles. The van der Waals surface area contributed by atoms with Crippen LogP contribution in [0.15, 0.2) is 24.5 Å². The maximum absolute atomic E-state index is 14.7. The lowest BCUT2D eigenvalue weighted by atomic mass is 9.73. The van der Waals surface area contributed by atoms with Gasteiger partial charge in [0.1, 0.15) is 23.9 Å². The zero-order valence-electron chi connectivity index (χ0n) is 36.6. The van der Waals surface area contributed by atoms with Crippen molar-refractivity contribution in [2.45, 2.75) is 154 Å². The van der Waals surface area contributed by atoms with E-state index in [0.717, 1.165) is 5.56 Å². The number of tetrazole rings is 1. The number of methoxy groups -OCH3 is 1. The van der Waals surface area contributed by atoms with Gasteiger partial charge in [0.2, 0.25) is 5.82 Å². The smallest absolute Gasteiger partial charge is 0.410 e. The first-order chi connectivity index (χ1) is 27.9. The van der Waals surface area contributed by atoms with Crippen LogP contribution in [-0.4, -0.2) is 145 Å². The fourth-order valence-electron chi connectivity index (χ4n) is 9.37. The number of cyclic esters (lactones) is 1. The minimum absolute atomic E-state index is 0.123. The summed E-state index contributed by atoms with van der Waals surface area (Å²) in [5.41, 5.74) is -1.92. The summed E-state index contributed by atoms with van der Waals surface area (Å²) >= 11 is 0.